The molecule has 2 aromatic heterocycles. The molecule has 0 fully saturated rings. The summed E-state index contributed by atoms with van der Waals surface area (Å²) in [5.41, 5.74) is -1.19. The third kappa shape index (κ3) is 4.01. The van der Waals surface area contributed by atoms with Gasteiger partial charge in [0, 0.05) is 18.5 Å². The van der Waals surface area contributed by atoms with E-state index in [0.717, 1.165) is 25.0 Å². The summed E-state index contributed by atoms with van der Waals surface area (Å²) in [6.45, 7) is 2.42. The molecule has 0 spiro atoms. The number of hydrogen-bond acceptors (Lipinski definition) is 4. The van der Waals surface area contributed by atoms with Gasteiger partial charge < -0.3 is 4.57 Å². The smallest absolute Gasteiger partial charge is 0.325 e. The molecule has 0 aliphatic carbocycles. The fourth-order valence-corrected chi connectivity index (χ4v) is 3.79. The van der Waals surface area contributed by atoms with Gasteiger partial charge >= 0.3 is 11.9 Å². The van der Waals surface area contributed by atoms with Crippen molar-refractivity contribution < 1.29 is 13.2 Å². The fourth-order valence-electron chi connectivity index (χ4n) is 2.85. The normalized spacial score (nSPS) is 12.0. The van der Waals surface area contributed by atoms with Crippen LogP contribution in [0.4, 0.5) is 13.2 Å². The molecule has 1 aromatic carbocycles. The zero-order chi connectivity index (χ0) is 20.5. The summed E-state index contributed by atoms with van der Waals surface area (Å²) in [4.78, 5) is 31.5. The van der Waals surface area contributed by atoms with Gasteiger partial charge in [-0.2, -0.15) is 13.2 Å². The number of alkyl halides is 3. The lowest BCUT2D eigenvalue weighted by molar-refractivity contribution is -0.137. The number of aromatic nitrogens is 4. The van der Waals surface area contributed by atoms with Crippen molar-refractivity contribution in [1.82, 2.24) is 19.1 Å². The maximum absolute atomic E-state index is 12.9. The highest BCUT2D eigenvalue weighted by Crippen LogP contribution is 2.32. The number of aryl methyl sites for hydroxylation is 2. The second kappa shape index (κ2) is 7.86. The topological polar surface area (TPSA) is 72.7 Å². The average Bonchev–Trinajstić information content (AvgIpc) is 2.96. The third-order valence-corrected chi connectivity index (χ3v) is 5.36. The predicted octanol–water partition coefficient (Wildman–Crippen LogP) is 3.53. The van der Waals surface area contributed by atoms with E-state index in [9.17, 15) is 22.8 Å². The van der Waals surface area contributed by atoms with Gasteiger partial charge in [0.15, 0.2) is 11.2 Å². The molecule has 0 radical (unpaired) electrons. The Bertz CT molecular complexity index is 1110. The van der Waals surface area contributed by atoms with Gasteiger partial charge in [-0.3, -0.25) is 14.3 Å². The molecule has 3 rings (SSSR count). The monoisotopic (exact) mass is 412 g/mol. The fraction of sp³-hybridized carbons (Fsp3) is 0.389. The predicted molar refractivity (Wildman–Crippen MR) is 102 cm³/mol. The van der Waals surface area contributed by atoms with Crippen LogP contribution in [0.3, 0.4) is 0 Å². The second-order valence-corrected chi connectivity index (χ2v) is 7.39. The number of unbranched alkanes of at least 4 members (excludes halogenated alkanes) is 1. The van der Waals surface area contributed by atoms with E-state index in [-0.39, 0.29) is 11.3 Å². The van der Waals surface area contributed by atoms with Crippen molar-refractivity contribution in [2.45, 2.75) is 43.1 Å². The van der Waals surface area contributed by atoms with E-state index in [4.69, 9.17) is 0 Å². The lowest BCUT2D eigenvalue weighted by Gasteiger charge is -2.08. The number of rotatable bonds is 6. The minimum Gasteiger partial charge on any atom is -0.325 e. The van der Waals surface area contributed by atoms with Crippen molar-refractivity contribution in [3.05, 3.63) is 56.5 Å². The molecule has 2 heterocycles. The van der Waals surface area contributed by atoms with Crippen LogP contribution < -0.4 is 11.2 Å². The van der Waals surface area contributed by atoms with E-state index < -0.39 is 23.0 Å². The Labute approximate surface area is 162 Å². The number of fused-ring (bicyclic) bond motifs is 1. The van der Waals surface area contributed by atoms with Crippen molar-refractivity contribution in [1.29, 1.82) is 0 Å². The Morgan fingerprint density at radius 3 is 2.68 bits per heavy atom. The first kappa shape index (κ1) is 20.2. The van der Waals surface area contributed by atoms with Crippen molar-refractivity contribution in [3.8, 4) is 0 Å². The molecule has 0 aliphatic heterocycles. The lowest BCUT2D eigenvalue weighted by Crippen LogP contribution is -2.31. The van der Waals surface area contributed by atoms with Crippen LogP contribution in [0.2, 0.25) is 0 Å². The van der Waals surface area contributed by atoms with Crippen LogP contribution in [0, 0.1) is 0 Å². The largest absolute Gasteiger partial charge is 0.416 e. The first-order chi connectivity index (χ1) is 13.2. The summed E-state index contributed by atoms with van der Waals surface area (Å²) in [6.07, 6.45) is -2.78. The quantitative estimate of drug-likeness (QED) is 0.629. The zero-order valence-electron chi connectivity index (χ0n) is 15.3. The number of nitrogens with zero attached hydrogens (tertiary/aromatic N) is 3. The minimum atomic E-state index is -4.41. The Morgan fingerprint density at radius 1 is 1.25 bits per heavy atom. The number of hydrogen-bond donors (Lipinski definition) is 1. The molecule has 1 N–H and O–H groups in total. The highest BCUT2D eigenvalue weighted by Gasteiger charge is 2.30. The van der Waals surface area contributed by atoms with E-state index in [2.05, 4.69) is 9.97 Å². The van der Waals surface area contributed by atoms with Crippen molar-refractivity contribution in [2.24, 2.45) is 7.05 Å². The van der Waals surface area contributed by atoms with Gasteiger partial charge in [-0.05, 0) is 24.6 Å². The summed E-state index contributed by atoms with van der Waals surface area (Å²) in [7, 11) is 1.65. The Kier molecular flexibility index (Phi) is 5.69. The molecule has 28 heavy (non-hydrogen) atoms. The molecule has 150 valence electrons. The second-order valence-electron chi connectivity index (χ2n) is 6.34. The average molecular weight is 412 g/mol. The minimum absolute atomic E-state index is 0.258. The van der Waals surface area contributed by atoms with Crippen LogP contribution in [0.5, 0.6) is 0 Å². The molecule has 6 nitrogen and oxygen atoms in total. The van der Waals surface area contributed by atoms with E-state index >= 15 is 0 Å². The van der Waals surface area contributed by atoms with Gasteiger partial charge in [0.2, 0.25) is 0 Å². The van der Waals surface area contributed by atoms with Crippen LogP contribution in [-0.4, -0.2) is 19.1 Å². The Balaban J connectivity index is 1.94. The van der Waals surface area contributed by atoms with Gasteiger partial charge in [0.1, 0.15) is 5.82 Å². The number of H-pyrrole nitrogens is 1. The number of halogens is 3. The molecule has 0 saturated heterocycles. The van der Waals surface area contributed by atoms with Crippen LogP contribution in [0.1, 0.15) is 31.2 Å². The van der Waals surface area contributed by atoms with Crippen LogP contribution in [0.25, 0.3) is 11.2 Å². The maximum atomic E-state index is 12.9. The summed E-state index contributed by atoms with van der Waals surface area (Å²) in [5.74, 6) is 0.757. The molecule has 3 aromatic rings. The number of nitrogens with one attached hydrogen (secondary N) is 1. The number of thioether (sulfide) groups is 1. The molecule has 0 saturated carbocycles. The van der Waals surface area contributed by atoms with Crippen LogP contribution in [-0.2, 0) is 25.5 Å². The molecule has 0 amide bonds. The molecule has 0 aliphatic rings. The summed E-state index contributed by atoms with van der Waals surface area (Å²) in [5, 5.41) is 0. The van der Waals surface area contributed by atoms with Crippen LogP contribution >= 0.6 is 11.8 Å². The van der Waals surface area contributed by atoms with E-state index in [1.54, 1.807) is 17.7 Å². The van der Waals surface area contributed by atoms with E-state index in [0.29, 0.717) is 22.9 Å². The van der Waals surface area contributed by atoms with Crippen molar-refractivity contribution in [3.63, 3.8) is 0 Å². The van der Waals surface area contributed by atoms with Gasteiger partial charge in [0.25, 0.3) is 5.56 Å². The highest BCUT2D eigenvalue weighted by molar-refractivity contribution is 7.98. The molecule has 0 atom stereocenters. The molecular formula is C18H19F3N4O2S. The molecular weight excluding hydrogens is 393 g/mol. The van der Waals surface area contributed by atoms with Crippen molar-refractivity contribution in [2.75, 3.05) is 0 Å². The molecule has 0 unspecified atom stereocenters. The van der Waals surface area contributed by atoms with Crippen molar-refractivity contribution >= 4 is 22.9 Å². The SMILES string of the molecule is CCCCn1c(=O)[nH]c(=O)c2c1nc(CSc1cccc(C(F)(F)F)c1)n2C. The van der Waals surface area contributed by atoms with E-state index in [1.165, 1.54) is 22.4 Å². The summed E-state index contributed by atoms with van der Waals surface area (Å²) < 4.78 is 41.6. The Hall–Kier alpha value is -2.49. The van der Waals surface area contributed by atoms with Gasteiger partial charge in [0.05, 0.1) is 11.3 Å². The standard InChI is InChI=1S/C18H19F3N4O2S/c1-3-4-8-25-15-14(16(26)23-17(25)27)24(2)13(22-15)10-28-12-7-5-6-11(9-12)18(19,20)21/h5-7,9H,3-4,8,10H2,1-2H3,(H,23,26,27). The third-order valence-electron chi connectivity index (χ3n) is 4.37. The zero-order valence-corrected chi connectivity index (χ0v) is 16.2. The first-order valence-corrected chi connectivity index (χ1v) is 9.69. The Morgan fingerprint density at radius 2 is 2.00 bits per heavy atom. The lowest BCUT2D eigenvalue weighted by atomic mass is 10.2. The maximum Gasteiger partial charge on any atom is 0.416 e. The highest BCUT2D eigenvalue weighted by atomic mass is 32.2. The number of benzene rings is 1. The molecule has 10 heteroatoms. The van der Waals surface area contributed by atoms with Crippen LogP contribution in [0.15, 0.2) is 38.8 Å². The summed E-state index contributed by atoms with van der Waals surface area (Å²) in [6, 6.07) is 5.04. The first-order valence-electron chi connectivity index (χ1n) is 8.71. The number of aromatic amines is 1. The summed E-state index contributed by atoms with van der Waals surface area (Å²) >= 11 is 1.18. The number of imidazole rings is 1. The van der Waals surface area contributed by atoms with Gasteiger partial charge in [-0.25, -0.2) is 9.78 Å². The van der Waals surface area contributed by atoms with E-state index in [1.807, 2.05) is 6.92 Å². The molecule has 0 bridgehead atoms. The van der Waals surface area contributed by atoms with Gasteiger partial charge in [-0.1, -0.05) is 19.4 Å². The van der Waals surface area contributed by atoms with Gasteiger partial charge in [-0.15, -0.1) is 11.8 Å².